The van der Waals surface area contributed by atoms with Crippen LogP contribution in [0.1, 0.15) is 5.56 Å². The molecule has 0 spiro atoms. The Bertz CT molecular complexity index is 732. The van der Waals surface area contributed by atoms with Gasteiger partial charge in [-0.3, -0.25) is 0 Å². The second kappa shape index (κ2) is 5.46. The second-order valence-electron chi connectivity index (χ2n) is 5.06. The molecule has 0 unspecified atom stereocenters. The summed E-state index contributed by atoms with van der Waals surface area (Å²) in [4.78, 5) is 6.68. The second-order valence-corrected chi connectivity index (χ2v) is 7.00. The molecule has 0 amide bonds. The van der Waals surface area contributed by atoms with Gasteiger partial charge in [0.1, 0.15) is 5.82 Å². The summed E-state index contributed by atoms with van der Waals surface area (Å²) < 4.78 is 27.0. The maximum atomic E-state index is 12.7. The van der Waals surface area contributed by atoms with E-state index in [1.807, 2.05) is 30.1 Å². The molecule has 2 aromatic rings. The average molecular weight is 303 g/mol. The van der Waals surface area contributed by atoms with Crippen molar-refractivity contribution in [1.82, 2.24) is 9.29 Å². The molecule has 1 aromatic carbocycles. The number of pyridine rings is 1. The number of hydrogen-bond acceptors (Lipinski definition) is 4. The van der Waals surface area contributed by atoms with Gasteiger partial charge in [0, 0.05) is 38.4 Å². The predicted molar refractivity (Wildman–Crippen MR) is 81.5 cm³/mol. The van der Waals surface area contributed by atoms with Gasteiger partial charge < -0.3 is 4.90 Å². The van der Waals surface area contributed by atoms with Crippen LogP contribution in [0.3, 0.4) is 0 Å². The molecule has 5 nitrogen and oxygen atoms in total. The van der Waals surface area contributed by atoms with E-state index >= 15 is 0 Å². The Kier molecular flexibility index (Phi) is 3.65. The fourth-order valence-electron chi connectivity index (χ4n) is 2.48. The highest BCUT2D eigenvalue weighted by Crippen LogP contribution is 2.25. The van der Waals surface area contributed by atoms with Gasteiger partial charge in [0.05, 0.1) is 4.90 Å². The maximum Gasteiger partial charge on any atom is 0.243 e. The highest BCUT2D eigenvalue weighted by molar-refractivity contribution is 7.89. The number of rotatable bonds is 2. The molecular formula is C15H17N3O2S. The first-order valence-electron chi connectivity index (χ1n) is 6.79. The lowest BCUT2D eigenvalue weighted by molar-refractivity contribution is 0.420. The normalized spacial score (nSPS) is 16.3. The van der Waals surface area contributed by atoms with E-state index in [0.29, 0.717) is 24.5 Å². The maximum absolute atomic E-state index is 12.7. The zero-order valence-corrected chi connectivity index (χ0v) is 12.6. The van der Waals surface area contributed by atoms with E-state index in [0.717, 1.165) is 11.4 Å². The van der Waals surface area contributed by atoms with Gasteiger partial charge in [0.25, 0.3) is 0 Å². The monoisotopic (exact) mass is 303 g/mol. The van der Waals surface area contributed by atoms with E-state index in [4.69, 9.17) is 0 Å². The standard InChI is InChI=1S/C15H17N3O2S/c1-17-10-11-18(12-13-6-5-9-16-15(13)17)21(19,20)14-7-3-2-4-8-14/h2-9H,10-12H2,1H3. The van der Waals surface area contributed by atoms with Crippen LogP contribution < -0.4 is 4.90 Å². The summed E-state index contributed by atoms with van der Waals surface area (Å²) in [6.45, 7) is 1.42. The summed E-state index contributed by atoms with van der Waals surface area (Å²) in [6.07, 6.45) is 1.73. The molecule has 0 radical (unpaired) electrons. The number of aromatic nitrogens is 1. The molecular weight excluding hydrogens is 286 g/mol. The molecule has 2 heterocycles. The van der Waals surface area contributed by atoms with Crippen molar-refractivity contribution in [2.45, 2.75) is 11.4 Å². The lowest BCUT2D eigenvalue weighted by atomic mass is 10.2. The first-order valence-corrected chi connectivity index (χ1v) is 8.23. The fourth-order valence-corrected chi connectivity index (χ4v) is 3.91. The molecule has 0 saturated carbocycles. The summed E-state index contributed by atoms with van der Waals surface area (Å²) in [5, 5.41) is 0. The molecule has 1 aliphatic heterocycles. The van der Waals surface area contributed by atoms with Crippen LogP contribution in [0, 0.1) is 0 Å². The Morgan fingerprint density at radius 1 is 1.05 bits per heavy atom. The third kappa shape index (κ3) is 2.64. The Balaban J connectivity index is 1.98. The van der Waals surface area contributed by atoms with E-state index < -0.39 is 10.0 Å². The van der Waals surface area contributed by atoms with Gasteiger partial charge in [-0.25, -0.2) is 13.4 Å². The largest absolute Gasteiger partial charge is 0.358 e. The first-order chi connectivity index (χ1) is 10.1. The van der Waals surface area contributed by atoms with Crippen LogP contribution in [0.2, 0.25) is 0 Å². The van der Waals surface area contributed by atoms with Gasteiger partial charge in [-0.05, 0) is 18.2 Å². The number of fused-ring (bicyclic) bond motifs is 1. The van der Waals surface area contributed by atoms with Crippen LogP contribution in [0.15, 0.2) is 53.6 Å². The molecule has 0 fully saturated rings. The molecule has 6 heteroatoms. The quantitative estimate of drug-likeness (QED) is 0.848. The van der Waals surface area contributed by atoms with Crippen molar-refractivity contribution in [3.8, 4) is 0 Å². The minimum atomic E-state index is -3.47. The number of hydrogen-bond donors (Lipinski definition) is 0. The van der Waals surface area contributed by atoms with E-state index in [1.165, 1.54) is 4.31 Å². The Labute approximate surface area is 124 Å². The van der Waals surface area contributed by atoms with Crippen LogP contribution in [0.5, 0.6) is 0 Å². The molecule has 1 aliphatic rings. The third-order valence-corrected chi connectivity index (χ3v) is 5.50. The molecule has 0 saturated heterocycles. The van der Waals surface area contributed by atoms with Crippen molar-refractivity contribution < 1.29 is 8.42 Å². The summed E-state index contributed by atoms with van der Waals surface area (Å²) in [5.41, 5.74) is 0.928. The summed E-state index contributed by atoms with van der Waals surface area (Å²) >= 11 is 0. The van der Waals surface area contributed by atoms with Crippen molar-refractivity contribution in [3.05, 3.63) is 54.2 Å². The van der Waals surface area contributed by atoms with Gasteiger partial charge in [-0.1, -0.05) is 24.3 Å². The lowest BCUT2D eigenvalue weighted by Crippen LogP contribution is -2.34. The minimum Gasteiger partial charge on any atom is -0.358 e. The topological polar surface area (TPSA) is 53.5 Å². The zero-order chi connectivity index (χ0) is 14.9. The van der Waals surface area contributed by atoms with Gasteiger partial charge in [-0.15, -0.1) is 0 Å². The van der Waals surface area contributed by atoms with E-state index in [-0.39, 0.29) is 0 Å². The van der Waals surface area contributed by atoms with Gasteiger partial charge >= 0.3 is 0 Å². The van der Waals surface area contributed by atoms with Crippen molar-refractivity contribution >= 4 is 15.8 Å². The molecule has 21 heavy (non-hydrogen) atoms. The van der Waals surface area contributed by atoms with Crippen molar-refractivity contribution in [2.75, 3.05) is 25.0 Å². The van der Waals surface area contributed by atoms with Crippen LogP contribution in [0.4, 0.5) is 5.82 Å². The van der Waals surface area contributed by atoms with Gasteiger partial charge in [0.2, 0.25) is 10.0 Å². The summed E-state index contributed by atoms with van der Waals surface area (Å²) in [5.74, 6) is 0.850. The van der Waals surface area contributed by atoms with Crippen LogP contribution in [-0.4, -0.2) is 37.8 Å². The number of nitrogens with zero attached hydrogens (tertiary/aromatic N) is 3. The Morgan fingerprint density at radius 2 is 1.81 bits per heavy atom. The summed E-state index contributed by atoms with van der Waals surface area (Å²) in [6, 6.07) is 12.3. The minimum absolute atomic E-state index is 0.333. The van der Waals surface area contributed by atoms with Gasteiger partial charge in [-0.2, -0.15) is 4.31 Å². The molecule has 0 atom stereocenters. The van der Waals surface area contributed by atoms with E-state index in [1.54, 1.807) is 30.5 Å². The molecule has 0 bridgehead atoms. The van der Waals surface area contributed by atoms with Crippen molar-refractivity contribution in [2.24, 2.45) is 0 Å². The van der Waals surface area contributed by atoms with Crippen LogP contribution >= 0.6 is 0 Å². The van der Waals surface area contributed by atoms with E-state index in [2.05, 4.69) is 4.98 Å². The number of sulfonamides is 1. The van der Waals surface area contributed by atoms with Crippen molar-refractivity contribution in [3.63, 3.8) is 0 Å². The first kappa shape index (κ1) is 14.0. The van der Waals surface area contributed by atoms with Gasteiger partial charge in [0.15, 0.2) is 0 Å². The highest BCUT2D eigenvalue weighted by Gasteiger charge is 2.28. The molecule has 0 aliphatic carbocycles. The number of anilines is 1. The van der Waals surface area contributed by atoms with Crippen LogP contribution in [-0.2, 0) is 16.6 Å². The molecule has 3 rings (SSSR count). The Morgan fingerprint density at radius 3 is 2.57 bits per heavy atom. The van der Waals surface area contributed by atoms with Crippen LogP contribution in [0.25, 0.3) is 0 Å². The number of benzene rings is 1. The molecule has 110 valence electrons. The predicted octanol–water partition coefficient (Wildman–Crippen LogP) is 1.72. The smallest absolute Gasteiger partial charge is 0.243 e. The molecule has 1 aromatic heterocycles. The van der Waals surface area contributed by atoms with E-state index in [9.17, 15) is 8.42 Å². The fraction of sp³-hybridized carbons (Fsp3) is 0.267. The SMILES string of the molecule is CN1CCN(S(=O)(=O)c2ccccc2)Cc2cccnc21. The highest BCUT2D eigenvalue weighted by atomic mass is 32.2. The Hall–Kier alpha value is -1.92. The lowest BCUT2D eigenvalue weighted by Gasteiger charge is -2.20. The number of likely N-dealkylation sites (N-methyl/N-ethyl adjacent to an activating group) is 1. The average Bonchev–Trinajstić information content (AvgIpc) is 2.68. The third-order valence-electron chi connectivity index (χ3n) is 3.64. The zero-order valence-electron chi connectivity index (χ0n) is 11.8. The molecule has 0 N–H and O–H groups in total. The summed E-state index contributed by atoms with van der Waals surface area (Å²) in [7, 11) is -1.54. The van der Waals surface area contributed by atoms with Crippen molar-refractivity contribution in [1.29, 1.82) is 0 Å².